The van der Waals surface area contributed by atoms with Gasteiger partial charge in [-0.2, -0.15) is 13.2 Å². The van der Waals surface area contributed by atoms with Crippen molar-refractivity contribution in [2.45, 2.75) is 6.18 Å². The largest absolute Gasteiger partial charge is 0.423 e. The Kier molecular flexibility index (Phi) is 1.79. The van der Waals surface area contributed by atoms with E-state index >= 15 is 0 Å². The normalized spacial score (nSPS) is 11.6. The van der Waals surface area contributed by atoms with Crippen molar-refractivity contribution in [3.8, 4) is 0 Å². The van der Waals surface area contributed by atoms with Gasteiger partial charge in [-0.05, 0) is 0 Å². The van der Waals surface area contributed by atoms with E-state index in [0.29, 0.717) is 0 Å². The molecular formula is C5H2F3N2O2. The van der Waals surface area contributed by atoms with Crippen LogP contribution in [0.25, 0.3) is 0 Å². The molecule has 0 aromatic carbocycles. The second-order valence-electron chi connectivity index (χ2n) is 1.91. The molecule has 0 atom stereocenters. The highest BCUT2D eigenvalue weighted by molar-refractivity contribution is 5.05. The number of alkyl halides is 3. The zero-order chi connectivity index (χ0) is 9.35. The lowest BCUT2D eigenvalue weighted by atomic mass is 10.3. The highest BCUT2D eigenvalue weighted by Crippen LogP contribution is 2.24. The predicted molar refractivity (Wildman–Crippen MR) is 31.5 cm³/mol. The van der Waals surface area contributed by atoms with Gasteiger partial charge >= 0.3 is 11.9 Å². The van der Waals surface area contributed by atoms with E-state index in [2.05, 4.69) is 0 Å². The van der Waals surface area contributed by atoms with Gasteiger partial charge in [0, 0.05) is 0 Å². The number of aromatic amines is 2. The molecule has 1 aromatic rings. The van der Waals surface area contributed by atoms with Gasteiger partial charge in [0.2, 0.25) is 0 Å². The fraction of sp³-hybridized carbons (Fsp3) is 0.200. The van der Waals surface area contributed by atoms with E-state index in [9.17, 15) is 22.8 Å². The molecule has 7 heteroatoms. The van der Waals surface area contributed by atoms with Crippen molar-refractivity contribution in [3.05, 3.63) is 32.6 Å². The van der Waals surface area contributed by atoms with Crippen molar-refractivity contribution < 1.29 is 13.2 Å². The fourth-order valence-corrected chi connectivity index (χ4v) is 0.572. The molecule has 0 unspecified atom stereocenters. The Labute approximate surface area is 63.1 Å². The number of nitrogens with one attached hydrogen (secondary N) is 2. The Hall–Kier alpha value is -1.53. The SMILES string of the molecule is O=c1[nH][c]c(C(F)(F)F)c(=O)[nH]1. The van der Waals surface area contributed by atoms with Gasteiger partial charge in [0.05, 0.1) is 6.20 Å². The fourth-order valence-electron chi connectivity index (χ4n) is 0.572. The highest BCUT2D eigenvalue weighted by Gasteiger charge is 2.34. The molecule has 0 aliphatic heterocycles. The highest BCUT2D eigenvalue weighted by atomic mass is 19.4. The van der Waals surface area contributed by atoms with Gasteiger partial charge in [-0.1, -0.05) is 0 Å². The monoisotopic (exact) mass is 179 g/mol. The molecule has 1 rings (SSSR count). The molecule has 0 aliphatic rings. The summed E-state index contributed by atoms with van der Waals surface area (Å²) < 4.78 is 35.4. The first-order valence-electron chi connectivity index (χ1n) is 2.73. The van der Waals surface area contributed by atoms with Crippen LogP contribution >= 0.6 is 0 Å². The Morgan fingerprint density at radius 1 is 1.25 bits per heavy atom. The van der Waals surface area contributed by atoms with Crippen LogP contribution in [0.5, 0.6) is 0 Å². The summed E-state index contributed by atoms with van der Waals surface area (Å²) in [6.07, 6.45) is -3.36. The van der Waals surface area contributed by atoms with Crippen molar-refractivity contribution in [2.24, 2.45) is 0 Å². The molecule has 1 radical (unpaired) electrons. The number of halogens is 3. The zero-order valence-corrected chi connectivity index (χ0v) is 5.45. The van der Waals surface area contributed by atoms with Gasteiger partial charge < -0.3 is 4.98 Å². The summed E-state index contributed by atoms with van der Waals surface area (Å²) in [6.45, 7) is 0. The topological polar surface area (TPSA) is 65.7 Å². The summed E-state index contributed by atoms with van der Waals surface area (Å²) in [4.78, 5) is 23.7. The van der Waals surface area contributed by atoms with Crippen molar-refractivity contribution >= 4 is 0 Å². The molecule has 0 saturated heterocycles. The van der Waals surface area contributed by atoms with E-state index in [-0.39, 0.29) is 0 Å². The zero-order valence-electron chi connectivity index (χ0n) is 5.45. The van der Waals surface area contributed by atoms with Crippen LogP contribution in [0.4, 0.5) is 13.2 Å². The third-order valence-electron chi connectivity index (χ3n) is 1.04. The quantitative estimate of drug-likeness (QED) is 0.583. The third-order valence-corrected chi connectivity index (χ3v) is 1.04. The molecule has 0 aliphatic carbocycles. The number of hydrogen-bond donors (Lipinski definition) is 2. The van der Waals surface area contributed by atoms with E-state index in [1.807, 2.05) is 0 Å². The van der Waals surface area contributed by atoms with Crippen LogP contribution < -0.4 is 11.2 Å². The molecular weight excluding hydrogens is 177 g/mol. The number of hydrogen-bond acceptors (Lipinski definition) is 2. The maximum atomic E-state index is 11.8. The molecule has 2 N–H and O–H groups in total. The molecule has 0 amide bonds. The smallest absolute Gasteiger partial charge is 0.305 e. The van der Waals surface area contributed by atoms with E-state index in [1.54, 1.807) is 4.98 Å². The van der Waals surface area contributed by atoms with E-state index in [4.69, 9.17) is 0 Å². The minimum atomic E-state index is -4.79. The van der Waals surface area contributed by atoms with Crippen LogP contribution in [0, 0.1) is 6.20 Å². The molecule has 65 valence electrons. The summed E-state index contributed by atoms with van der Waals surface area (Å²) in [5, 5.41) is 0. The summed E-state index contributed by atoms with van der Waals surface area (Å²) in [6, 6.07) is 0. The minimum absolute atomic E-state index is 1.02. The van der Waals surface area contributed by atoms with Crippen molar-refractivity contribution in [1.82, 2.24) is 9.97 Å². The molecule has 1 heterocycles. The molecule has 4 nitrogen and oxygen atoms in total. The molecule has 0 bridgehead atoms. The average molecular weight is 179 g/mol. The Balaban J connectivity index is 3.39. The van der Waals surface area contributed by atoms with Crippen LogP contribution in [-0.4, -0.2) is 9.97 Å². The number of rotatable bonds is 0. The molecule has 0 spiro atoms. The van der Waals surface area contributed by atoms with Crippen molar-refractivity contribution in [2.75, 3.05) is 0 Å². The second-order valence-corrected chi connectivity index (χ2v) is 1.91. The lowest BCUT2D eigenvalue weighted by molar-refractivity contribution is -0.139. The predicted octanol–water partition coefficient (Wildman–Crippen LogP) is -0.118. The van der Waals surface area contributed by atoms with Crippen LogP contribution in [0.1, 0.15) is 5.56 Å². The Morgan fingerprint density at radius 2 is 1.83 bits per heavy atom. The van der Waals surface area contributed by atoms with Gasteiger partial charge in [-0.3, -0.25) is 9.78 Å². The molecule has 0 saturated carbocycles. The lowest BCUT2D eigenvalue weighted by Gasteiger charge is -2.01. The first-order valence-corrected chi connectivity index (χ1v) is 2.73. The average Bonchev–Trinajstić information content (AvgIpc) is 1.83. The first-order chi connectivity index (χ1) is 5.41. The maximum absolute atomic E-state index is 11.8. The van der Waals surface area contributed by atoms with Gasteiger partial charge in [-0.25, -0.2) is 4.79 Å². The Morgan fingerprint density at radius 3 is 2.25 bits per heavy atom. The van der Waals surface area contributed by atoms with E-state index in [1.165, 1.54) is 11.2 Å². The van der Waals surface area contributed by atoms with Gasteiger partial charge in [0.25, 0.3) is 5.56 Å². The van der Waals surface area contributed by atoms with E-state index in [0.717, 1.165) is 0 Å². The van der Waals surface area contributed by atoms with E-state index < -0.39 is 23.0 Å². The maximum Gasteiger partial charge on any atom is 0.423 e. The summed E-state index contributed by atoms with van der Waals surface area (Å²) >= 11 is 0. The Bertz CT molecular complexity index is 389. The second kappa shape index (κ2) is 2.50. The summed E-state index contributed by atoms with van der Waals surface area (Å²) in [5.74, 6) is 0. The molecule has 1 aromatic heterocycles. The summed E-state index contributed by atoms with van der Waals surface area (Å²) in [7, 11) is 0. The number of H-pyrrole nitrogens is 2. The van der Waals surface area contributed by atoms with Crippen molar-refractivity contribution in [3.63, 3.8) is 0 Å². The first kappa shape index (κ1) is 8.57. The standard InChI is InChI=1S/C5H2F3N2O2/c6-5(7,8)2-1-9-4(12)10-3(2)11/h(H2,9,10,11,12). The van der Waals surface area contributed by atoms with Crippen molar-refractivity contribution in [1.29, 1.82) is 0 Å². The number of aromatic nitrogens is 2. The lowest BCUT2D eigenvalue weighted by Crippen LogP contribution is -2.29. The van der Waals surface area contributed by atoms with Crippen LogP contribution in [0.2, 0.25) is 0 Å². The molecule has 12 heavy (non-hydrogen) atoms. The van der Waals surface area contributed by atoms with Gasteiger partial charge in [0.15, 0.2) is 0 Å². The summed E-state index contributed by atoms with van der Waals surface area (Å²) in [5.41, 5.74) is -4.05. The third kappa shape index (κ3) is 1.55. The molecule has 0 fully saturated rings. The van der Waals surface area contributed by atoms with Crippen LogP contribution in [0.15, 0.2) is 9.59 Å². The van der Waals surface area contributed by atoms with Gasteiger partial charge in [-0.15, -0.1) is 0 Å². The van der Waals surface area contributed by atoms with Crippen LogP contribution in [-0.2, 0) is 6.18 Å². The van der Waals surface area contributed by atoms with Crippen LogP contribution in [0.3, 0.4) is 0 Å². The van der Waals surface area contributed by atoms with Gasteiger partial charge in [0.1, 0.15) is 5.56 Å². The minimum Gasteiger partial charge on any atom is -0.305 e.